The molecule has 2 rings (SSSR count). The summed E-state index contributed by atoms with van der Waals surface area (Å²) in [7, 11) is 0. The summed E-state index contributed by atoms with van der Waals surface area (Å²) in [6.07, 6.45) is 3.67. The number of rotatable bonds is 0. The van der Waals surface area contributed by atoms with Gasteiger partial charge >= 0.3 is 0 Å². The molecule has 0 bridgehead atoms. The topological polar surface area (TPSA) is 40.5 Å². The van der Waals surface area contributed by atoms with E-state index in [-0.39, 0.29) is 12.2 Å². The molecule has 2 saturated carbocycles. The number of hydrogen-bond donors (Lipinski definition) is 2. The van der Waals surface area contributed by atoms with Crippen molar-refractivity contribution >= 4 is 0 Å². The Labute approximate surface area is 60.9 Å². The maximum absolute atomic E-state index is 9.41. The Morgan fingerprint density at radius 3 is 1.50 bits per heavy atom. The first kappa shape index (κ1) is 6.62. The van der Waals surface area contributed by atoms with Gasteiger partial charge in [0.1, 0.15) is 0 Å². The molecule has 10 heavy (non-hydrogen) atoms. The van der Waals surface area contributed by atoms with Gasteiger partial charge in [0.15, 0.2) is 0 Å². The van der Waals surface area contributed by atoms with Crippen LogP contribution in [0.15, 0.2) is 0 Å². The first-order valence-electron chi connectivity index (χ1n) is 4.15. The van der Waals surface area contributed by atoms with Crippen LogP contribution < -0.4 is 0 Å². The smallest absolute Gasteiger partial charge is 0.0572 e. The van der Waals surface area contributed by atoms with Crippen LogP contribution in [0.5, 0.6) is 0 Å². The van der Waals surface area contributed by atoms with E-state index in [1.165, 1.54) is 0 Å². The van der Waals surface area contributed by atoms with Gasteiger partial charge in [-0.1, -0.05) is 0 Å². The minimum atomic E-state index is -0.109. The fourth-order valence-electron chi connectivity index (χ4n) is 2.54. The molecule has 4 atom stereocenters. The standard InChI is InChI=1S/C8H14O2/c9-7-3-1-5-6(7)2-4-8(5)10/h5-10H,1-4H2/t5-,6-,7?,8?/m1/s1. The molecular weight excluding hydrogens is 128 g/mol. The first-order valence-corrected chi connectivity index (χ1v) is 4.15. The Morgan fingerprint density at radius 2 is 1.10 bits per heavy atom. The molecule has 0 heterocycles. The zero-order chi connectivity index (χ0) is 7.14. The Hall–Kier alpha value is -0.0800. The number of aliphatic hydroxyl groups is 2. The second-order valence-electron chi connectivity index (χ2n) is 3.62. The normalized spacial score (nSPS) is 53.4. The predicted molar refractivity (Wildman–Crippen MR) is 37.5 cm³/mol. The zero-order valence-electron chi connectivity index (χ0n) is 6.03. The average molecular weight is 142 g/mol. The molecule has 2 nitrogen and oxygen atoms in total. The molecule has 0 aromatic carbocycles. The third-order valence-corrected chi connectivity index (χ3v) is 3.13. The Balaban J connectivity index is 2.09. The zero-order valence-corrected chi connectivity index (χ0v) is 6.03. The molecule has 2 aliphatic carbocycles. The molecule has 2 heteroatoms. The maximum atomic E-state index is 9.41. The fraction of sp³-hybridized carbons (Fsp3) is 1.00. The van der Waals surface area contributed by atoms with Gasteiger partial charge in [0, 0.05) is 0 Å². The van der Waals surface area contributed by atoms with Crippen molar-refractivity contribution in [1.29, 1.82) is 0 Å². The largest absolute Gasteiger partial charge is 0.393 e. The van der Waals surface area contributed by atoms with Crippen molar-refractivity contribution in [3.63, 3.8) is 0 Å². The summed E-state index contributed by atoms with van der Waals surface area (Å²) in [6, 6.07) is 0. The van der Waals surface area contributed by atoms with Crippen LogP contribution in [0.25, 0.3) is 0 Å². The summed E-state index contributed by atoms with van der Waals surface area (Å²) < 4.78 is 0. The summed E-state index contributed by atoms with van der Waals surface area (Å²) in [5.41, 5.74) is 0. The van der Waals surface area contributed by atoms with E-state index in [2.05, 4.69) is 0 Å². The summed E-state index contributed by atoms with van der Waals surface area (Å²) in [4.78, 5) is 0. The monoisotopic (exact) mass is 142 g/mol. The second-order valence-corrected chi connectivity index (χ2v) is 3.62. The van der Waals surface area contributed by atoms with Gasteiger partial charge in [0.05, 0.1) is 12.2 Å². The third kappa shape index (κ3) is 0.789. The Morgan fingerprint density at radius 1 is 0.700 bits per heavy atom. The first-order chi connectivity index (χ1) is 4.79. The highest BCUT2D eigenvalue weighted by molar-refractivity contribution is 4.93. The van der Waals surface area contributed by atoms with E-state index in [0.717, 1.165) is 25.7 Å². The molecule has 58 valence electrons. The minimum Gasteiger partial charge on any atom is -0.393 e. The van der Waals surface area contributed by atoms with E-state index in [4.69, 9.17) is 0 Å². The molecule has 0 aliphatic heterocycles. The second kappa shape index (κ2) is 2.21. The van der Waals surface area contributed by atoms with E-state index in [1.807, 2.05) is 0 Å². The van der Waals surface area contributed by atoms with Crippen molar-refractivity contribution in [3.8, 4) is 0 Å². The van der Waals surface area contributed by atoms with Crippen molar-refractivity contribution in [1.82, 2.24) is 0 Å². The van der Waals surface area contributed by atoms with Crippen LogP contribution in [0, 0.1) is 11.8 Å². The molecule has 0 amide bonds. The molecule has 0 radical (unpaired) electrons. The molecule has 2 fully saturated rings. The minimum absolute atomic E-state index is 0.109. The van der Waals surface area contributed by atoms with E-state index in [0.29, 0.717) is 11.8 Å². The van der Waals surface area contributed by atoms with Crippen molar-refractivity contribution in [3.05, 3.63) is 0 Å². The van der Waals surface area contributed by atoms with Gasteiger partial charge in [-0.3, -0.25) is 0 Å². The quantitative estimate of drug-likeness (QED) is 0.518. The summed E-state index contributed by atoms with van der Waals surface area (Å²) in [5, 5.41) is 18.8. The summed E-state index contributed by atoms with van der Waals surface area (Å²) >= 11 is 0. The van der Waals surface area contributed by atoms with Crippen molar-refractivity contribution < 1.29 is 10.2 Å². The molecule has 0 aromatic heterocycles. The summed E-state index contributed by atoms with van der Waals surface area (Å²) in [5.74, 6) is 0.852. The molecule has 2 aliphatic rings. The molecular formula is C8H14O2. The van der Waals surface area contributed by atoms with Gasteiger partial charge in [0.25, 0.3) is 0 Å². The predicted octanol–water partition coefficient (Wildman–Crippen LogP) is 0.528. The van der Waals surface area contributed by atoms with Crippen LogP contribution in [0.3, 0.4) is 0 Å². The number of hydrogen-bond acceptors (Lipinski definition) is 2. The molecule has 0 spiro atoms. The van der Waals surface area contributed by atoms with Gasteiger partial charge in [0.2, 0.25) is 0 Å². The van der Waals surface area contributed by atoms with Crippen LogP contribution >= 0.6 is 0 Å². The van der Waals surface area contributed by atoms with Crippen molar-refractivity contribution in [2.45, 2.75) is 37.9 Å². The van der Waals surface area contributed by atoms with Crippen LogP contribution in [0.4, 0.5) is 0 Å². The lowest BCUT2D eigenvalue weighted by Crippen LogP contribution is -2.18. The number of aliphatic hydroxyl groups excluding tert-OH is 2. The van der Waals surface area contributed by atoms with E-state index in [9.17, 15) is 10.2 Å². The highest BCUT2D eigenvalue weighted by Gasteiger charge is 2.43. The lowest BCUT2D eigenvalue weighted by molar-refractivity contribution is 0.0988. The van der Waals surface area contributed by atoms with E-state index in [1.54, 1.807) is 0 Å². The van der Waals surface area contributed by atoms with Gasteiger partial charge < -0.3 is 10.2 Å². The van der Waals surface area contributed by atoms with Crippen molar-refractivity contribution in [2.75, 3.05) is 0 Å². The third-order valence-electron chi connectivity index (χ3n) is 3.13. The highest BCUT2D eigenvalue weighted by atomic mass is 16.3. The molecule has 0 aromatic rings. The van der Waals surface area contributed by atoms with Crippen LogP contribution in [0.2, 0.25) is 0 Å². The van der Waals surface area contributed by atoms with Crippen LogP contribution in [-0.2, 0) is 0 Å². The van der Waals surface area contributed by atoms with Gasteiger partial charge in [-0.15, -0.1) is 0 Å². The maximum Gasteiger partial charge on any atom is 0.0572 e. The highest BCUT2D eigenvalue weighted by Crippen LogP contribution is 2.43. The number of fused-ring (bicyclic) bond motifs is 1. The Kier molecular flexibility index (Phi) is 1.46. The van der Waals surface area contributed by atoms with Crippen LogP contribution in [0.1, 0.15) is 25.7 Å². The summed E-state index contributed by atoms with van der Waals surface area (Å²) in [6.45, 7) is 0. The van der Waals surface area contributed by atoms with Gasteiger partial charge in [-0.05, 0) is 37.5 Å². The fourth-order valence-corrected chi connectivity index (χ4v) is 2.54. The molecule has 0 saturated heterocycles. The van der Waals surface area contributed by atoms with Gasteiger partial charge in [-0.2, -0.15) is 0 Å². The van der Waals surface area contributed by atoms with Crippen LogP contribution in [-0.4, -0.2) is 22.4 Å². The van der Waals surface area contributed by atoms with E-state index >= 15 is 0 Å². The molecule has 2 unspecified atom stereocenters. The van der Waals surface area contributed by atoms with Gasteiger partial charge in [-0.25, -0.2) is 0 Å². The lowest BCUT2D eigenvalue weighted by atomic mass is 9.98. The Bertz CT molecular complexity index is 119. The van der Waals surface area contributed by atoms with Crippen molar-refractivity contribution in [2.24, 2.45) is 11.8 Å². The SMILES string of the molecule is OC1CC[C@H]2C(O)CC[C@@H]12. The average Bonchev–Trinajstić information content (AvgIpc) is 2.41. The van der Waals surface area contributed by atoms with E-state index < -0.39 is 0 Å². The molecule has 2 N–H and O–H groups in total. The lowest BCUT2D eigenvalue weighted by Gasteiger charge is -2.13.